The molecule has 1 aromatic heterocycles. The van der Waals surface area contributed by atoms with Gasteiger partial charge in [-0.05, 0) is 37.3 Å². The fourth-order valence-electron chi connectivity index (χ4n) is 2.58. The summed E-state index contributed by atoms with van der Waals surface area (Å²) in [6.07, 6.45) is 0. The van der Waals surface area contributed by atoms with Gasteiger partial charge in [0.25, 0.3) is 0 Å². The van der Waals surface area contributed by atoms with Crippen molar-refractivity contribution in [2.45, 2.75) is 33.1 Å². The number of carbonyl (C=O) groups excluding carboxylic acids is 1. The molecular formula is C21H22Cl2N4O. The quantitative estimate of drug-likeness (QED) is 0.516. The number of carbonyl (C=O) groups is 1. The number of aromatic nitrogens is 2. The minimum absolute atomic E-state index is 0.164. The second-order valence-electron chi connectivity index (χ2n) is 7.62. The first-order valence-electron chi connectivity index (χ1n) is 8.84. The van der Waals surface area contributed by atoms with Crippen LogP contribution < -0.4 is 10.6 Å². The van der Waals surface area contributed by atoms with E-state index in [1.165, 1.54) is 0 Å². The third kappa shape index (κ3) is 4.66. The van der Waals surface area contributed by atoms with Crippen molar-refractivity contribution in [1.29, 1.82) is 0 Å². The molecule has 0 saturated heterocycles. The van der Waals surface area contributed by atoms with Crippen LogP contribution in [0.2, 0.25) is 10.0 Å². The van der Waals surface area contributed by atoms with Crippen LogP contribution in [0.4, 0.5) is 16.3 Å². The summed E-state index contributed by atoms with van der Waals surface area (Å²) in [5.41, 5.74) is 3.19. The van der Waals surface area contributed by atoms with Crippen LogP contribution in [-0.2, 0) is 5.41 Å². The average molecular weight is 417 g/mol. The summed E-state index contributed by atoms with van der Waals surface area (Å²) in [7, 11) is 0. The van der Waals surface area contributed by atoms with Crippen LogP contribution in [0.15, 0.2) is 48.5 Å². The predicted molar refractivity (Wildman–Crippen MR) is 116 cm³/mol. The first-order chi connectivity index (χ1) is 13.1. The molecule has 146 valence electrons. The summed E-state index contributed by atoms with van der Waals surface area (Å²) >= 11 is 12.0. The highest BCUT2D eigenvalue weighted by Gasteiger charge is 2.21. The molecule has 0 fully saturated rings. The van der Waals surface area contributed by atoms with Gasteiger partial charge < -0.3 is 5.32 Å². The molecular weight excluding hydrogens is 395 g/mol. The number of hydrogen-bond donors (Lipinski definition) is 2. The van der Waals surface area contributed by atoms with Crippen molar-refractivity contribution in [3.05, 3.63) is 69.8 Å². The summed E-state index contributed by atoms with van der Waals surface area (Å²) in [5, 5.41) is 11.2. The molecule has 7 heteroatoms. The standard InChI is InChI=1S/C21H22Cl2N4O/c1-13-5-8-15(9-6-13)27-19(12-18(26-27)21(2,3)4)25-20(28)24-17-10-7-14(22)11-16(17)23/h5-12H,1-4H3,(H2,24,25,28). The number of nitrogens with one attached hydrogen (secondary N) is 2. The van der Waals surface area contributed by atoms with Gasteiger partial charge in [0.15, 0.2) is 0 Å². The Bertz CT molecular complexity index is 1000. The lowest BCUT2D eigenvalue weighted by Crippen LogP contribution is -2.21. The largest absolute Gasteiger partial charge is 0.324 e. The van der Waals surface area contributed by atoms with Gasteiger partial charge in [-0.3, -0.25) is 5.32 Å². The van der Waals surface area contributed by atoms with Crippen molar-refractivity contribution < 1.29 is 4.79 Å². The second-order valence-corrected chi connectivity index (χ2v) is 8.46. The molecule has 3 aromatic rings. The van der Waals surface area contributed by atoms with E-state index < -0.39 is 6.03 Å². The van der Waals surface area contributed by atoms with E-state index in [9.17, 15) is 4.79 Å². The van der Waals surface area contributed by atoms with Crippen LogP contribution in [0.3, 0.4) is 0 Å². The van der Waals surface area contributed by atoms with Crippen molar-refractivity contribution in [2.24, 2.45) is 0 Å². The van der Waals surface area contributed by atoms with Gasteiger partial charge in [0, 0.05) is 16.5 Å². The second kappa shape index (κ2) is 7.86. The molecule has 5 nitrogen and oxygen atoms in total. The molecule has 0 aliphatic rings. The maximum atomic E-state index is 12.6. The van der Waals surface area contributed by atoms with Gasteiger partial charge >= 0.3 is 6.03 Å². The molecule has 2 N–H and O–H groups in total. The molecule has 0 spiro atoms. The van der Waals surface area contributed by atoms with Gasteiger partial charge in [-0.25, -0.2) is 9.48 Å². The highest BCUT2D eigenvalue weighted by molar-refractivity contribution is 6.36. The van der Waals surface area contributed by atoms with E-state index in [0.717, 1.165) is 16.9 Å². The smallest absolute Gasteiger partial charge is 0.306 e. The van der Waals surface area contributed by atoms with Crippen molar-refractivity contribution in [3.63, 3.8) is 0 Å². The van der Waals surface area contributed by atoms with Gasteiger partial charge in [0.2, 0.25) is 0 Å². The van der Waals surface area contributed by atoms with E-state index >= 15 is 0 Å². The van der Waals surface area contributed by atoms with Gasteiger partial charge in [0.05, 0.1) is 22.1 Å². The Hall–Kier alpha value is -2.50. The molecule has 2 aromatic carbocycles. The van der Waals surface area contributed by atoms with Crippen molar-refractivity contribution in [1.82, 2.24) is 9.78 Å². The van der Waals surface area contributed by atoms with E-state index in [1.54, 1.807) is 22.9 Å². The lowest BCUT2D eigenvalue weighted by Gasteiger charge is -2.14. The summed E-state index contributed by atoms with van der Waals surface area (Å²) in [6, 6.07) is 14.3. The monoisotopic (exact) mass is 416 g/mol. The number of rotatable bonds is 3. The predicted octanol–water partition coefficient (Wildman–Crippen LogP) is 6.43. The van der Waals surface area contributed by atoms with Crippen LogP contribution >= 0.6 is 23.2 Å². The van der Waals surface area contributed by atoms with Crippen LogP contribution in [0, 0.1) is 6.92 Å². The van der Waals surface area contributed by atoms with Crippen molar-refractivity contribution >= 4 is 40.7 Å². The SMILES string of the molecule is Cc1ccc(-n2nc(C(C)(C)C)cc2NC(=O)Nc2ccc(Cl)cc2Cl)cc1. The van der Waals surface area contributed by atoms with Gasteiger partial charge in [-0.1, -0.05) is 61.7 Å². The fourth-order valence-corrected chi connectivity index (χ4v) is 3.04. The average Bonchev–Trinajstić information content (AvgIpc) is 3.02. The zero-order valence-electron chi connectivity index (χ0n) is 16.2. The highest BCUT2D eigenvalue weighted by atomic mass is 35.5. The lowest BCUT2D eigenvalue weighted by molar-refractivity contribution is 0.262. The Morgan fingerprint density at radius 2 is 1.68 bits per heavy atom. The summed E-state index contributed by atoms with van der Waals surface area (Å²) < 4.78 is 1.73. The third-order valence-electron chi connectivity index (χ3n) is 4.18. The van der Waals surface area contributed by atoms with E-state index in [0.29, 0.717) is 21.6 Å². The molecule has 0 bridgehead atoms. The number of amides is 2. The third-order valence-corrected chi connectivity index (χ3v) is 4.73. The maximum Gasteiger partial charge on any atom is 0.324 e. The molecule has 1 heterocycles. The van der Waals surface area contributed by atoms with E-state index in [1.807, 2.05) is 37.3 Å². The van der Waals surface area contributed by atoms with Crippen LogP contribution in [0.25, 0.3) is 5.69 Å². The Kier molecular flexibility index (Phi) is 5.68. The molecule has 0 aliphatic carbocycles. The topological polar surface area (TPSA) is 59.0 Å². The van der Waals surface area contributed by atoms with Crippen molar-refractivity contribution in [2.75, 3.05) is 10.6 Å². The molecule has 0 radical (unpaired) electrons. The number of anilines is 2. The molecule has 0 aliphatic heterocycles. The van der Waals surface area contributed by atoms with Crippen LogP contribution in [0.1, 0.15) is 32.0 Å². The number of urea groups is 1. The zero-order chi connectivity index (χ0) is 20.5. The van der Waals surface area contributed by atoms with Gasteiger partial charge in [-0.2, -0.15) is 5.10 Å². The van der Waals surface area contributed by atoms with Crippen LogP contribution in [0.5, 0.6) is 0 Å². The van der Waals surface area contributed by atoms with E-state index in [4.69, 9.17) is 28.3 Å². The minimum Gasteiger partial charge on any atom is -0.306 e. The van der Waals surface area contributed by atoms with Gasteiger partial charge in [0.1, 0.15) is 5.82 Å². The first kappa shape index (κ1) is 20.2. The summed E-state index contributed by atoms with van der Waals surface area (Å²) in [5.74, 6) is 0.566. The fraction of sp³-hybridized carbons (Fsp3) is 0.238. The number of aryl methyl sites for hydroxylation is 1. The summed E-state index contributed by atoms with van der Waals surface area (Å²) in [6.45, 7) is 8.25. The zero-order valence-corrected chi connectivity index (χ0v) is 17.7. The van der Waals surface area contributed by atoms with E-state index in [2.05, 4.69) is 31.4 Å². The molecule has 28 heavy (non-hydrogen) atoms. The number of benzene rings is 2. The Morgan fingerprint density at radius 1 is 1.00 bits per heavy atom. The number of halogens is 2. The minimum atomic E-state index is -0.419. The normalized spacial score (nSPS) is 11.4. The number of hydrogen-bond acceptors (Lipinski definition) is 2. The highest BCUT2D eigenvalue weighted by Crippen LogP contribution is 2.28. The Morgan fingerprint density at radius 3 is 2.29 bits per heavy atom. The summed E-state index contributed by atoms with van der Waals surface area (Å²) in [4.78, 5) is 12.6. The molecule has 0 atom stereocenters. The molecule has 2 amide bonds. The first-order valence-corrected chi connectivity index (χ1v) is 9.60. The molecule has 0 unspecified atom stereocenters. The maximum absolute atomic E-state index is 12.6. The molecule has 3 rings (SSSR count). The van der Waals surface area contributed by atoms with Crippen LogP contribution in [-0.4, -0.2) is 15.8 Å². The Labute approximate surface area is 174 Å². The Balaban J connectivity index is 1.90. The number of nitrogens with zero attached hydrogens (tertiary/aromatic N) is 2. The van der Waals surface area contributed by atoms with Crippen molar-refractivity contribution in [3.8, 4) is 5.69 Å². The van der Waals surface area contributed by atoms with Gasteiger partial charge in [-0.15, -0.1) is 0 Å². The molecule has 0 saturated carbocycles. The lowest BCUT2D eigenvalue weighted by atomic mass is 9.92. The van der Waals surface area contributed by atoms with E-state index in [-0.39, 0.29) is 5.41 Å².